The van der Waals surface area contributed by atoms with Crippen LogP contribution >= 0.6 is 11.6 Å². The lowest BCUT2D eigenvalue weighted by Gasteiger charge is -2.05. The summed E-state index contributed by atoms with van der Waals surface area (Å²) in [6.45, 7) is 0.0200. The summed E-state index contributed by atoms with van der Waals surface area (Å²) in [6.07, 6.45) is 0.888. The second kappa shape index (κ2) is 4.08. The number of hydrogen-bond donors (Lipinski definition) is 1. The van der Waals surface area contributed by atoms with E-state index in [1.807, 2.05) is 4.72 Å². The van der Waals surface area contributed by atoms with Crippen LogP contribution in [0.2, 0.25) is 5.02 Å². The molecule has 0 saturated heterocycles. The van der Waals surface area contributed by atoms with Crippen LogP contribution in [0.5, 0.6) is 11.5 Å². The fourth-order valence-corrected chi connectivity index (χ4v) is 2.05. The molecule has 1 aromatic rings. The molecule has 6 nitrogen and oxygen atoms in total. The Kier molecular flexibility index (Phi) is 2.88. The van der Waals surface area contributed by atoms with Gasteiger partial charge >= 0.3 is 0 Å². The molecule has 1 N–H and O–H groups in total. The highest BCUT2D eigenvalue weighted by atomic mass is 35.5. The molecular weight excluding hydrogens is 270 g/mol. The predicted octanol–water partition coefficient (Wildman–Crippen LogP) is 0.758. The highest BCUT2D eigenvalue weighted by Crippen LogP contribution is 2.39. The number of sulfonamides is 1. The fraction of sp³-hybridized carbons (Fsp3) is 0.222. The minimum Gasteiger partial charge on any atom is -0.454 e. The van der Waals surface area contributed by atoms with Gasteiger partial charge in [-0.2, -0.15) is 0 Å². The first-order chi connectivity index (χ1) is 7.87. The van der Waals surface area contributed by atoms with Crippen LogP contribution in [0.25, 0.3) is 0 Å². The summed E-state index contributed by atoms with van der Waals surface area (Å²) in [5.74, 6) is -0.105. The fourth-order valence-electron chi connectivity index (χ4n) is 1.33. The van der Waals surface area contributed by atoms with E-state index in [1.165, 1.54) is 12.1 Å². The zero-order valence-electron chi connectivity index (χ0n) is 8.69. The van der Waals surface area contributed by atoms with Crippen molar-refractivity contribution in [3.05, 3.63) is 22.7 Å². The van der Waals surface area contributed by atoms with E-state index in [0.29, 0.717) is 11.5 Å². The highest BCUT2D eigenvalue weighted by molar-refractivity contribution is 7.89. The van der Waals surface area contributed by atoms with Crippen molar-refractivity contribution in [3.8, 4) is 11.5 Å². The molecule has 1 aliphatic heterocycles. The van der Waals surface area contributed by atoms with Gasteiger partial charge in [-0.15, -0.1) is 0 Å². The van der Waals surface area contributed by atoms with E-state index >= 15 is 0 Å². The molecule has 0 bridgehead atoms. The molecule has 92 valence electrons. The summed E-state index contributed by atoms with van der Waals surface area (Å²) < 4.78 is 33.8. The average Bonchev–Trinajstić information content (AvgIpc) is 2.63. The summed E-state index contributed by atoms with van der Waals surface area (Å²) >= 11 is 5.86. The maximum atomic E-state index is 11.6. The molecule has 17 heavy (non-hydrogen) atoms. The van der Waals surface area contributed by atoms with Gasteiger partial charge in [0.25, 0.3) is 5.91 Å². The van der Waals surface area contributed by atoms with Crippen molar-refractivity contribution in [2.75, 3.05) is 13.0 Å². The van der Waals surface area contributed by atoms with E-state index in [0.717, 1.165) is 6.26 Å². The van der Waals surface area contributed by atoms with Gasteiger partial charge < -0.3 is 9.47 Å². The Bertz CT molecular complexity index is 583. The normalized spacial score (nSPS) is 13.5. The van der Waals surface area contributed by atoms with Crippen LogP contribution in [0.1, 0.15) is 10.4 Å². The summed E-state index contributed by atoms with van der Waals surface area (Å²) in [5, 5.41) is 0.193. The van der Waals surface area contributed by atoms with E-state index in [9.17, 15) is 13.2 Å². The van der Waals surface area contributed by atoms with Crippen LogP contribution in [0.4, 0.5) is 0 Å². The first-order valence-electron chi connectivity index (χ1n) is 4.48. The van der Waals surface area contributed by atoms with Gasteiger partial charge in [0.1, 0.15) is 0 Å². The van der Waals surface area contributed by atoms with Crippen molar-refractivity contribution in [2.24, 2.45) is 0 Å². The molecule has 1 aromatic carbocycles. The van der Waals surface area contributed by atoms with Gasteiger partial charge in [0.05, 0.1) is 11.3 Å². The molecule has 0 radical (unpaired) electrons. The van der Waals surface area contributed by atoms with Gasteiger partial charge in [0.15, 0.2) is 11.5 Å². The van der Waals surface area contributed by atoms with Crippen molar-refractivity contribution in [2.45, 2.75) is 0 Å². The Balaban J connectivity index is 2.35. The van der Waals surface area contributed by atoms with E-state index in [4.69, 9.17) is 21.1 Å². The summed E-state index contributed by atoms with van der Waals surface area (Å²) in [4.78, 5) is 11.6. The van der Waals surface area contributed by atoms with Crippen LogP contribution in [0.15, 0.2) is 12.1 Å². The van der Waals surface area contributed by atoms with Crippen LogP contribution in [-0.2, 0) is 10.0 Å². The molecule has 0 saturated carbocycles. The Morgan fingerprint density at radius 1 is 1.41 bits per heavy atom. The van der Waals surface area contributed by atoms with Gasteiger partial charge in [0, 0.05) is 5.56 Å². The topological polar surface area (TPSA) is 81.7 Å². The third kappa shape index (κ3) is 2.62. The number of fused-ring (bicyclic) bond motifs is 1. The number of rotatable bonds is 2. The lowest BCUT2D eigenvalue weighted by molar-refractivity contribution is 0.0981. The van der Waals surface area contributed by atoms with Crippen LogP contribution < -0.4 is 14.2 Å². The number of ether oxygens (including phenoxy) is 2. The number of halogens is 1. The molecule has 1 heterocycles. The highest BCUT2D eigenvalue weighted by Gasteiger charge is 2.21. The molecule has 1 aliphatic rings. The van der Waals surface area contributed by atoms with Crippen molar-refractivity contribution in [1.29, 1.82) is 0 Å². The maximum Gasteiger partial charge on any atom is 0.264 e. The molecule has 0 aliphatic carbocycles. The maximum absolute atomic E-state index is 11.6. The molecule has 2 rings (SSSR count). The van der Waals surface area contributed by atoms with Crippen molar-refractivity contribution >= 4 is 27.5 Å². The molecular formula is C9H8ClNO5S. The molecule has 1 amide bonds. The van der Waals surface area contributed by atoms with Gasteiger partial charge in [0.2, 0.25) is 16.8 Å². The molecule has 0 fully saturated rings. The standard InChI is InChI=1S/C9H8ClNO5S/c1-17(13,14)11-9(12)5-2-6(10)8-7(3-5)15-4-16-8/h2-3H,4H2,1H3,(H,11,12). The zero-order chi connectivity index (χ0) is 12.6. The smallest absolute Gasteiger partial charge is 0.264 e. The number of nitrogens with one attached hydrogen (secondary N) is 1. The predicted molar refractivity (Wildman–Crippen MR) is 59.9 cm³/mol. The molecule has 0 spiro atoms. The number of carbonyl (C=O) groups excluding carboxylic acids is 1. The van der Waals surface area contributed by atoms with E-state index < -0.39 is 15.9 Å². The minimum absolute atomic E-state index is 0.0200. The first kappa shape index (κ1) is 12.0. The lowest BCUT2D eigenvalue weighted by Crippen LogP contribution is -2.29. The third-order valence-corrected chi connectivity index (χ3v) is 2.80. The zero-order valence-corrected chi connectivity index (χ0v) is 10.3. The Morgan fingerprint density at radius 3 is 2.76 bits per heavy atom. The number of hydrogen-bond acceptors (Lipinski definition) is 5. The minimum atomic E-state index is -3.61. The lowest BCUT2D eigenvalue weighted by atomic mass is 10.2. The largest absolute Gasteiger partial charge is 0.454 e. The molecule has 0 aromatic heterocycles. The Morgan fingerprint density at radius 2 is 2.12 bits per heavy atom. The van der Waals surface area contributed by atoms with Crippen molar-refractivity contribution < 1.29 is 22.7 Å². The van der Waals surface area contributed by atoms with Crippen molar-refractivity contribution in [1.82, 2.24) is 4.72 Å². The average molecular weight is 278 g/mol. The Hall–Kier alpha value is -1.47. The molecule has 8 heteroatoms. The second-order valence-corrected chi connectivity index (χ2v) is 5.55. The van der Waals surface area contributed by atoms with Crippen LogP contribution in [0, 0.1) is 0 Å². The summed E-state index contributed by atoms with van der Waals surface area (Å²) in [6, 6.07) is 2.68. The van der Waals surface area contributed by atoms with E-state index in [-0.39, 0.29) is 17.4 Å². The van der Waals surface area contributed by atoms with Gasteiger partial charge in [-0.1, -0.05) is 11.6 Å². The molecule has 0 atom stereocenters. The SMILES string of the molecule is CS(=O)(=O)NC(=O)c1cc(Cl)c2c(c1)OCO2. The monoisotopic (exact) mass is 277 g/mol. The van der Waals surface area contributed by atoms with E-state index in [2.05, 4.69) is 0 Å². The second-order valence-electron chi connectivity index (χ2n) is 3.40. The summed E-state index contributed by atoms with van der Waals surface area (Å²) in [5.41, 5.74) is 0.0877. The number of amides is 1. The quantitative estimate of drug-likeness (QED) is 0.863. The molecule has 0 unspecified atom stereocenters. The number of carbonyl (C=O) groups is 1. The first-order valence-corrected chi connectivity index (χ1v) is 6.75. The van der Waals surface area contributed by atoms with Crippen molar-refractivity contribution in [3.63, 3.8) is 0 Å². The summed E-state index contributed by atoms with van der Waals surface area (Å²) in [7, 11) is -3.61. The Labute approximate surface area is 103 Å². The van der Waals surface area contributed by atoms with Crippen LogP contribution in [0.3, 0.4) is 0 Å². The van der Waals surface area contributed by atoms with Gasteiger partial charge in [-0.25, -0.2) is 13.1 Å². The number of benzene rings is 1. The third-order valence-electron chi connectivity index (χ3n) is 1.97. The van der Waals surface area contributed by atoms with Crippen LogP contribution in [-0.4, -0.2) is 27.4 Å². The van der Waals surface area contributed by atoms with E-state index in [1.54, 1.807) is 0 Å². The van der Waals surface area contributed by atoms with Gasteiger partial charge in [-0.05, 0) is 12.1 Å². The van der Waals surface area contributed by atoms with Gasteiger partial charge in [-0.3, -0.25) is 4.79 Å².